The number of nitrogens with zero attached hydrogens (tertiary/aromatic N) is 2. The van der Waals surface area contributed by atoms with Gasteiger partial charge in [0.15, 0.2) is 0 Å². The van der Waals surface area contributed by atoms with Gasteiger partial charge in [0, 0.05) is 43.6 Å². The molecule has 1 aromatic rings. The molecule has 0 saturated carbocycles. The lowest BCUT2D eigenvalue weighted by Gasteiger charge is -2.44. The van der Waals surface area contributed by atoms with Gasteiger partial charge in [0.05, 0.1) is 0 Å². The standard InChI is InChI=1S/C16H27N3/c1-5-12(2)16-11-19(13(3)9-18-16)14(4)15-7-6-8-17-10-15/h6-8,10,12-14,16,18H,5,9,11H2,1-4H3. The van der Waals surface area contributed by atoms with Crippen molar-refractivity contribution in [1.29, 1.82) is 0 Å². The summed E-state index contributed by atoms with van der Waals surface area (Å²) in [6.45, 7) is 11.4. The second-order valence-electron chi connectivity index (χ2n) is 5.91. The van der Waals surface area contributed by atoms with Crippen LogP contribution in [0.25, 0.3) is 0 Å². The maximum absolute atomic E-state index is 4.25. The fourth-order valence-electron chi connectivity index (χ4n) is 2.93. The molecule has 2 heterocycles. The highest BCUT2D eigenvalue weighted by Crippen LogP contribution is 2.25. The Hall–Kier alpha value is -0.930. The topological polar surface area (TPSA) is 28.2 Å². The molecule has 0 radical (unpaired) electrons. The van der Waals surface area contributed by atoms with Crippen LogP contribution in [0.2, 0.25) is 0 Å². The Kier molecular flexibility index (Phi) is 4.94. The minimum atomic E-state index is 0.442. The van der Waals surface area contributed by atoms with Crippen LogP contribution in [0.4, 0.5) is 0 Å². The van der Waals surface area contributed by atoms with Gasteiger partial charge >= 0.3 is 0 Å². The molecule has 1 N–H and O–H groups in total. The van der Waals surface area contributed by atoms with E-state index in [2.05, 4.69) is 49.0 Å². The second kappa shape index (κ2) is 6.49. The molecule has 4 atom stereocenters. The summed E-state index contributed by atoms with van der Waals surface area (Å²) < 4.78 is 0. The fraction of sp³-hybridized carbons (Fsp3) is 0.688. The van der Waals surface area contributed by atoms with E-state index in [9.17, 15) is 0 Å². The zero-order valence-electron chi connectivity index (χ0n) is 12.6. The molecule has 1 aromatic heterocycles. The summed E-state index contributed by atoms with van der Waals surface area (Å²) in [6, 6.07) is 5.85. The van der Waals surface area contributed by atoms with Crippen LogP contribution in [0.15, 0.2) is 24.5 Å². The van der Waals surface area contributed by atoms with E-state index in [1.54, 1.807) is 0 Å². The molecule has 0 amide bonds. The number of nitrogens with one attached hydrogen (secondary N) is 1. The Morgan fingerprint density at radius 2 is 2.26 bits per heavy atom. The number of hydrogen-bond acceptors (Lipinski definition) is 3. The van der Waals surface area contributed by atoms with Crippen molar-refractivity contribution < 1.29 is 0 Å². The van der Waals surface area contributed by atoms with E-state index in [0.717, 1.165) is 19.0 Å². The molecule has 0 aromatic carbocycles. The molecule has 1 aliphatic rings. The van der Waals surface area contributed by atoms with Crippen molar-refractivity contribution in [2.45, 2.75) is 52.2 Å². The molecule has 4 unspecified atom stereocenters. The Labute approximate surface area is 117 Å². The summed E-state index contributed by atoms with van der Waals surface area (Å²) in [7, 11) is 0. The summed E-state index contributed by atoms with van der Waals surface area (Å²) in [4.78, 5) is 6.87. The number of aromatic nitrogens is 1. The summed E-state index contributed by atoms with van der Waals surface area (Å²) in [5.41, 5.74) is 1.32. The molecule has 0 bridgehead atoms. The van der Waals surface area contributed by atoms with Crippen LogP contribution in [-0.4, -0.2) is 35.1 Å². The van der Waals surface area contributed by atoms with Crippen molar-refractivity contribution >= 4 is 0 Å². The van der Waals surface area contributed by atoms with Crippen LogP contribution in [0.5, 0.6) is 0 Å². The smallest absolute Gasteiger partial charge is 0.0339 e. The lowest BCUT2D eigenvalue weighted by molar-refractivity contribution is 0.0817. The molecule has 3 nitrogen and oxygen atoms in total. The van der Waals surface area contributed by atoms with E-state index in [4.69, 9.17) is 0 Å². The highest BCUT2D eigenvalue weighted by Gasteiger charge is 2.30. The molecule has 19 heavy (non-hydrogen) atoms. The van der Waals surface area contributed by atoms with Gasteiger partial charge in [0.1, 0.15) is 0 Å². The van der Waals surface area contributed by atoms with Gasteiger partial charge in [-0.3, -0.25) is 9.88 Å². The first-order valence-corrected chi connectivity index (χ1v) is 7.52. The van der Waals surface area contributed by atoms with E-state index in [0.29, 0.717) is 18.1 Å². The number of piperazine rings is 1. The zero-order chi connectivity index (χ0) is 13.8. The van der Waals surface area contributed by atoms with Gasteiger partial charge < -0.3 is 5.32 Å². The predicted octanol–water partition coefficient (Wildman–Crippen LogP) is 2.85. The van der Waals surface area contributed by atoms with Gasteiger partial charge in [0.25, 0.3) is 0 Å². The van der Waals surface area contributed by atoms with Crippen LogP contribution < -0.4 is 5.32 Å². The van der Waals surface area contributed by atoms with Crippen molar-refractivity contribution in [3.63, 3.8) is 0 Å². The van der Waals surface area contributed by atoms with Crippen LogP contribution in [0.1, 0.15) is 45.7 Å². The second-order valence-corrected chi connectivity index (χ2v) is 5.91. The van der Waals surface area contributed by atoms with Gasteiger partial charge in [-0.25, -0.2) is 0 Å². The molecule has 1 fully saturated rings. The first-order valence-electron chi connectivity index (χ1n) is 7.52. The first kappa shape index (κ1) is 14.5. The van der Waals surface area contributed by atoms with Gasteiger partial charge in [-0.15, -0.1) is 0 Å². The van der Waals surface area contributed by atoms with Crippen molar-refractivity contribution in [3.05, 3.63) is 30.1 Å². The molecule has 0 spiro atoms. The monoisotopic (exact) mass is 261 g/mol. The minimum Gasteiger partial charge on any atom is -0.311 e. The lowest BCUT2D eigenvalue weighted by Crippen LogP contribution is -2.57. The molecular formula is C16H27N3. The third-order valence-electron chi connectivity index (χ3n) is 4.64. The van der Waals surface area contributed by atoms with Crippen molar-refractivity contribution in [3.8, 4) is 0 Å². The molecular weight excluding hydrogens is 234 g/mol. The minimum absolute atomic E-state index is 0.442. The summed E-state index contributed by atoms with van der Waals surface area (Å²) in [6.07, 6.45) is 5.08. The normalized spacial score (nSPS) is 28.0. The lowest BCUT2D eigenvalue weighted by atomic mass is 9.94. The van der Waals surface area contributed by atoms with E-state index in [-0.39, 0.29) is 0 Å². The van der Waals surface area contributed by atoms with E-state index in [1.165, 1.54) is 12.0 Å². The highest BCUT2D eigenvalue weighted by molar-refractivity contribution is 5.14. The first-order chi connectivity index (χ1) is 9.13. The van der Waals surface area contributed by atoms with Crippen LogP contribution in [-0.2, 0) is 0 Å². The maximum Gasteiger partial charge on any atom is 0.0339 e. The zero-order valence-corrected chi connectivity index (χ0v) is 12.6. The van der Waals surface area contributed by atoms with E-state index in [1.807, 2.05) is 18.5 Å². The maximum atomic E-state index is 4.25. The summed E-state index contributed by atoms with van der Waals surface area (Å²) in [5.74, 6) is 0.732. The molecule has 1 saturated heterocycles. The Morgan fingerprint density at radius 1 is 1.47 bits per heavy atom. The van der Waals surface area contributed by atoms with Crippen LogP contribution in [0.3, 0.4) is 0 Å². The van der Waals surface area contributed by atoms with Crippen molar-refractivity contribution in [2.24, 2.45) is 5.92 Å². The Balaban J connectivity index is 2.08. The summed E-state index contributed by atoms with van der Waals surface area (Å²) >= 11 is 0. The third-order valence-corrected chi connectivity index (χ3v) is 4.64. The molecule has 1 aliphatic heterocycles. The average Bonchev–Trinajstić information content (AvgIpc) is 2.47. The molecule has 2 rings (SSSR count). The van der Waals surface area contributed by atoms with Crippen LogP contribution >= 0.6 is 0 Å². The Bertz CT molecular complexity index is 379. The highest BCUT2D eigenvalue weighted by atomic mass is 15.2. The number of rotatable bonds is 4. The van der Waals surface area contributed by atoms with Crippen molar-refractivity contribution in [2.75, 3.05) is 13.1 Å². The Morgan fingerprint density at radius 3 is 2.89 bits per heavy atom. The summed E-state index contributed by atoms with van der Waals surface area (Å²) in [5, 5.41) is 3.70. The number of hydrogen-bond donors (Lipinski definition) is 1. The average molecular weight is 261 g/mol. The molecule has 3 heteroatoms. The quantitative estimate of drug-likeness (QED) is 0.903. The van der Waals surface area contributed by atoms with Crippen LogP contribution in [0, 0.1) is 5.92 Å². The SMILES string of the molecule is CCC(C)C1CN(C(C)c2cccnc2)C(C)CN1. The number of pyridine rings is 1. The molecule has 0 aliphatic carbocycles. The third kappa shape index (κ3) is 3.34. The van der Waals surface area contributed by atoms with E-state index < -0.39 is 0 Å². The fourth-order valence-corrected chi connectivity index (χ4v) is 2.93. The largest absolute Gasteiger partial charge is 0.311 e. The molecule has 106 valence electrons. The van der Waals surface area contributed by atoms with Crippen molar-refractivity contribution in [1.82, 2.24) is 15.2 Å². The van der Waals surface area contributed by atoms with E-state index >= 15 is 0 Å². The van der Waals surface area contributed by atoms with Gasteiger partial charge in [-0.2, -0.15) is 0 Å². The van der Waals surface area contributed by atoms with Gasteiger partial charge in [0.2, 0.25) is 0 Å². The predicted molar refractivity (Wildman–Crippen MR) is 80.1 cm³/mol. The van der Waals surface area contributed by atoms with Gasteiger partial charge in [-0.1, -0.05) is 26.3 Å². The van der Waals surface area contributed by atoms with Gasteiger partial charge in [-0.05, 0) is 31.4 Å².